The van der Waals surface area contributed by atoms with E-state index in [0.717, 1.165) is 48.3 Å². The van der Waals surface area contributed by atoms with E-state index in [1.165, 1.54) is 109 Å². The normalized spacial score (nSPS) is 16.4. The Morgan fingerprint density at radius 1 is 0.381 bits per heavy atom. The Bertz CT molecular complexity index is 596. The maximum absolute atomic E-state index is 12.4. The first-order valence-corrected chi connectivity index (χ1v) is 19.0. The Morgan fingerprint density at radius 3 is 0.952 bits per heavy atom. The highest BCUT2D eigenvalue weighted by Gasteiger charge is 2.13. The molecule has 0 aliphatic heterocycles. The average Bonchev–Trinajstić information content (AvgIpc) is 2.88. The maximum atomic E-state index is 12.4. The van der Waals surface area contributed by atoms with Crippen LogP contribution in [-0.2, 0) is 9.53 Å². The first-order chi connectivity index (χ1) is 19.9. The fraction of sp³-hybridized carbons (Fsp3) is 0.975. The van der Waals surface area contributed by atoms with Crippen LogP contribution in [0, 0.1) is 47.3 Å². The van der Waals surface area contributed by atoms with E-state index >= 15 is 0 Å². The zero-order chi connectivity index (χ0) is 31.8. The second kappa shape index (κ2) is 26.8. The molecule has 6 unspecified atom stereocenters. The van der Waals surface area contributed by atoms with Gasteiger partial charge in [0.15, 0.2) is 0 Å². The summed E-state index contributed by atoms with van der Waals surface area (Å²) in [5.74, 6) is 6.22. The molecule has 0 aromatic carbocycles. The number of rotatable bonds is 29. The minimum absolute atomic E-state index is 0.0151. The highest BCUT2D eigenvalue weighted by molar-refractivity contribution is 5.69. The number of carbonyl (C=O) groups excluding carboxylic acids is 1. The molecule has 0 bridgehead atoms. The standard InChI is InChI=1S/C40H80O2/c1-32(2)17-11-19-34(5)21-13-23-36(7)25-15-27-38(9)29-30-42-40(41)31-39(10)28-16-26-37(8)24-14-22-35(6)20-12-18-33(3)4/h32-39H,11-31H2,1-10H3. The molecule has 6 atom stereocenters. The molecule has 0 heterocycles. The van der Waals surface area contributed by atoms with Crippen LogP contribution in [0.25, 0.3) is 0 Å². The van der Waals surface area contributed by atoms with E-state index in [1.54, 1.807) is 0 Å². The lowest BCUT2D eigenvalue weighted by molar-refractivity contribution is -0.145. The number of hydrogen-bond donors (Lipinski definition) is 0. The Morgan fingerprint density at radius 2 is 0.643 bits per heavy atom. The first kappa shape index (κ1) is 41.5. The molecule has 0 aliphatic carbocycles. The Labute approximate surface area is 266 Å². The van der Waals surface area contributed by atoms with Crippen molar-refractivity contribution in [1.29, 1.82) is 0 Å². The molecule has 0 amide bonds. The van der Waals surface area contributed by atoms with Gasteiger partial charge in [-0.05, 0) is 53.8 Å². The summed E-state index contributed by atoms with van der Waals surface area (Å²) >= 11 is 0. The summed E-state index contributed by atoms with van der Waals surface area (Å²) < 4.78 is 5.63. The zero-order valence-corrected chi connectivity index (χ0v) is 30.8. The number of esters is 1. The van der Waals surface area contributed by atoms with Crippen molar-refractivity contribution in [3.63, 3.8) is 0 Å². The third-order valence-electron chi connectivity index (χ3n) is 9.92. The molecule has 0 N–H and O–H groups in total. The molecule has 0 aromatic heterocycles. The molecule has 0 aliphatic rings. The van der Waals surface area contributed by atoms with Gasteiger partial charge >= 0.3 is 5.97 Å². The van der Waals surface area contributed by atoms with Gasteiger partial charge in [0.2, 0.25) is 0 Å². The van der Waals surface area contributed by atoms with Crippen molar-refractivity contribution in [3.05, 3.63) is 0 Å². The summed E-state index contributed by atoms with van der Waals surface area (Å²) in [6.45, 7) is 24.2. The van der Waals surface area contributed by atoms with Crippen molar-refractivity contribution in [2.75, 3.05) is 6.61 Å². The molecule has 0 radical (unpaired) electrons. The smallest absolute Gasteiger partial charge is 0.306 e. The van der Waals surface area contributed by atoms with E-state index < -0.39 is 0 Å². The van der Waals surface area contributed by atoms with Crippen molar-refractivity contribution in [2.45, 2.75) is 198 Å². The van der Waals surface area contributed by atoms with Crippen LogP contribution >= 0.6 is 0 Å². The highest BCUT2D eigenvalue weighted by atomic mass is 16.5. The second-order valence-electron chi connectivity index (χ2n) is 16.2. The predicted octanol–water partition coefficient (Wildman–Crippen LogP) is 13.5. The van der Waals surface area contributed by atoms with E-state index in [2.05, 4.69) is 69.2 Å². The molecular weight excluding hydrogens is 512 g/mol. The van der Waals surface area contributed by atoms with Crippen LogP contribution < -0.4 is 0 Å². The third kappa shape index (κ3) is 28.3. The quantitative estimate of drug-likeness (QED) is 0.0807. The van der Waals surface area contributed by atoms with Crippen molar-refractivity contribution in [1.82, 2.24) is 0 Å². The van der Waals surface area contributed by atoms with Gasteiger partial charge in [0.25, 0.3) is 0 Å². The van der Waals surface area contributed by atoms with Gasteiger partial charge in [-0.15, -0.1) is 0 Å². The van der Waals surface area contributed by atoms with Crippen LogP contribution in [0.5, 0.6) is 0 Å². The van der Waals surface area contributed by atoms with Gasteiger partial charge in [0.1, 0.15) is 0 Å². The van der Waals surface area contributed by atoms with Gasteiger partial charge < -0.3 is 4.74 Å². The highest BCUT2D eigenvalue weighted by Crippen LogP contribution is 2.24. The predicted molar refractivity (Wildman–Crippen MR) is 188 cm³/mol. The van der Waals surface area contributed by atoms with Crippen LogP contribution in [0.2, 0.25) is 0 Å². The molecule has 0 fully saturated rings. The molecule has 0 spiro atoms. The largest absolute Gasteiger partial charge is 0.466 e. The lowest BCUT2D eigenvalue weighted by Gasteiger charge is -2.17. The van der Waals surface area contributed by atoms with Crippen molar-refractivity contribution < 1.29 is 9.53 Å². The molecule has 2 nitrogen and oxygen atoms in total. The second-order valence-corrected chi connectivity index (χ2v) is 16.2. The van der Waals surface area contributed by atoms with Gasteiger partial charge in [-0.1, -0.05) is 185 Å². The summed E-state index contributed by atoms with van der Waals surface area (Å²) in [4.78, 5) is 12.4. The minimum Gasteiger partial charge on any atom is -0.466 e. The van der Waals surface area contributed by atoms with Gasteiger partial charge in [0, 0.05) is 6.42 Å². The molecule has 0 saturated heterocycles. The third-order valence-corrected chi connectivity index (χ3v) is 9.92. The monoisotopic (exact) mass is 593 g/mol. The Balaban J connectivity index is 3.74. The fourth-order valence-corrected chi connectivity index (χ4v) is 6.55. The van der Waals surface area contributed by atoms with E-state index in [9.17, 15) is 4.79 Å². The van der Waals surface area contributed by atoms with Gasteiger partial charge in [-0.3, -0.25) is 4.79 Å². The molecule has 0 saturated carbocycles. The zero-order valence-electron chi connectivity index (χ0n) is 30.8. The topological polar surface area (TPSA) is 26.3 Å². The van der Waals surface area contributed by atoms with Crippen LogP contribution in [-0.4, -0.2) is 12.6 Å². The lowest BCUT2D eigenvalue weighted by atomic mass is 9.90. The molecular formula is C40H80O2. The maximum Gasteiger partial charge on any atom is 0.306 e. The molecule has 2 heteroatoms. The minimum atomic E-state index is 0.0151. The average molecular weight is 593 g/mol. The summed E-state index contributed by atoms with van der Waals surface area (Å²) in [5.41, 5.74) is 0. The van der Waals surface area contributed by atoms with E-state index in [-0.39, 0.29) is 5.97 Å². The van der Waals surface area contributed by atoms with E-state index in [1.807, 2.05) is 0 Å². The molecule has 42 heavy (non-hydrogen) atoms. The fourth-order valence-electron chi connectivity index (χ4n) is 6.55. The summed E-state index contributed by atoms with van der Waals surface area (Å²) in [6, 6.07) is 0. The van der Waals surface area contributed by atoms with Crippen molar-refractivity contribution in [3.8, 4) is 0 Å². The van der Waals surface area contributed by atoms with E-state index in [0.29, 0.717) is 24.9 Å². The Kier molecular flexibility index (Phi) is 26.5. The number of carbonyl (C=O) groups is 1. The summed E-state index contributed by atoms with van der Waals surface area (Å²) in [6.07, 6.45) is 25.9. The number of ether oxygens (including phenoxy) is 1. The van der Waals surface area contributed by atoms with E-state index in [4.69, 9.17) is 4.74 Å². The van der Waals surface area contributed by atoms with Gasteiger partial charge in [-0.25, -0.2) is 0 Å². The van der Waals surface area contributed by atoms with Crippen LogP contribution in [0.3, 0.4) is 0 Å². The SMILES string of the molecule is CC(C)CCCC(C)CCCC(C)CCCC(C)CCOC(=O)CC(C)CCCC(C)CCCC(C)CCCC(C)C. The van der Waals surface area contributed by atoms with Gasteiger partial charge in [-0.2, -0.15) is 0 Å². The van der Waals surface area contributed by atoms with Crippen LogP contribution in [0.15, 0.2) is 0 Å². The van der Waals surface area contributed by atoms with Crippen molar-refractivity contribution >= 4 is 5.97 Å². The molecule has 0 aromatic rings. The summed E-state index contributed by atoms with van der Waals surface area (Å²) in [7, 11) is 0. The molecule has 0 rings (SSSR count). The first-order valence-electron chi connectivity index (χ1n) is 19.0. The Hall–Kier alpha value is -0.530. The van der Waals surface area contributed by atoms with Crippen molar-refractivity contribution in [2.24, 2.45) is 47.3 Å². The van der Waals surface area contributed by atoms with Gasteiger partial charge in [0.05, 0.1) is 6.61 Å². The number of hydrogen-bond acceptors (Lipinski definition) is 2. The molecule has 252 valence electrons. The lowest BCUT2D eigenvalue weighted by Crippen LogP contribution is -2.12. The van der Waals surface area contributed by atoms with Crippen LogP contribution in [0.4, 0.5) is 0 Å². The summed E-state index contributed by atoms with van der Waals surface area (Å²) in [5, 5.41) is 0. The van der Waals surface area contributed by atoms with Crippen LogP contribution in [0.1, 0.15) is 198 Å².